The highest BCUT2D eigenvalue weighted by molar-refractivity contribution is 5.96. The van der Waals surface area contributed by atoms with Crippen molar-refractivity contribution in [1.82, 2.24) is 0 Å². The first kappa shape index (κ1) is 13.1. The summed E-state index contributed by atoms with van der Waals surface area (Å²) in [6.45, 7) is 5.82. The standard InChI is InChI=1S/C15H20O3/c1-9(14(17)18)5-4-6-15(3)11-8-12(15)13(16)7-10(11)2/h5,7,11-12H,4,6,8H2,1-3H3,(H,17,18). The highest BCUT2D eigenvalue weighted by Gasteiger charge is 2.56. The van der Waals surface area contributed by atoms with E-state index < -0.39 is 5.97 Å². The molecule has 0 radical (unpaired) electrons. The number of ketones is 1. The van der Waals surface area contributed by atoms with Gasteiger partial charge in [-0.25, -0.2) is 4.79 Å². The summed E-state index contributed by atoms with van der Waals surface area (Å²) in [6.07, 6.45) is 6.18. The van der Waals surface area contributed by atoms with Crippen molar-refractivity contribution in [1.29, 1.82) is 0 Å². The van der Waals surface area contributed by atoms with Gasteiger partial charge in [0.1, 0.15) is 0 Å². The molecule has 0 spiro atoms. The maximum atomic E-state index is 11.9. The quantitative estimate of drug-likeness (QED) is 0.778. The summed E-state index contributed by atoms with van der Waals surface area (Å²) < 4.78 is 0. The van der Waals surface area contributed by atoms with Crippen molar-refractivity contribution in [3.05, 3.63) is 23.3 Å². The highest BCUT2D eigenvalue weighted by atomic mass is 16.4. The van der Waals surface area contributed by atoms with E-state index in [2.05, 4.69) is 6.92 Å². The third-order valence-corrected chi connectivity index (χ3v) is 4.80. The molecule has 1 saturated carbocycles. The van der Waals surface area contributed by atoms with Crippen LogP contribution < -0.4 is 0 Å². The monoisotopic (exact) mass is 248 g/mol. The zero-order chi connectivity index (χ0) is 13.5. The smallest absolute Gasteiger partial charge is 0.330 e. The van der Waals surface area contributed by atoms with Crippen LogP contribution in [-0.4, -0.2) is 16.9 Å². The van der Waals surface area contributed by atoms with Crippen LogP contribution in [0.4, 0.5) is 0 Å². The van der Waals surface area contributed by atoms with E-state index in [4.69, 9.17) is 5.11 Å². The summed E-state index contributed by atoms with van der Waals surface area (Å²) >= 11 is 0. The molecule has 3 rings (SSSR count). The van der Waals surface area contributed by atoms with Crippen molar-refractivity contribution in [2.24, 2.45) is 17.3 Å². The summed E-state index contributed by atoms with van der Waals surface area (Å²) in [5.41, 5.74) is 1.64. The van der Waals surface area contributed by atoms with Gasteiger partial charge in [0, 0.05) is 11.5 Å². The van der Waals surface area contributed by atoms with Crippen molar-refractivity contribution in [3.8, 4) is 0 Å². The molecule has 3 unspecified atom stereocenters. The van der Waals surface area contributed by atoms with E-state index in [1.165, 1.54) is 5.57 Å². The first-order valence-electron chi connectivity index (χ1n) is 6.48. The van der Waals surface area contributed by atoms with Crippen LogP contribution in [0, 0.1) is 17.3 Å². The second kappa shape index (κ2) is 4.38. The Hall–Kier alpha value is -1.38. The van der Waals surface area contributed by atoms with Gasteiger partial charge in [-0.15, -0.1) is 0 Å². The van der Waals surface area contributed by atoms with Crippen LogP contribution in [0.15, 0.2) is 23.3 Å². The number of allylic oxidation sites excluding steroid dienone is 3. The number of aliphatic carboxylic acids is 1. The van der Waals surface area contributed by atoms with E-state index in [9.17, 15) is 9.59 Å². The molecule has 3 heteroatoms. The molecule has 98 valence electrons. The molecule has 0 saturated heterocycles. The fourth-order valence-corrected chi connectivity index (χ4v) is 3.46. The van der Waals surface area contributed by atoms with Gasteiger partial charge in [-0.2, -0.15) is 0 Å². The van der Waals surface area contributed by atoms with Gasteiger partial charge in [0.05, 0.1) is 0 Å². The predicted molar refractivity (Wildman–Crippen MR) is 69.1 cm³/mol. The second-order valence-electron chi connectivity index (χ2n) is 5.87. The third kappa shape index (κ3) is 1.92. The van der Waals surface area contributed by atoms with Crippen molar-refractivity contribution in [2.75, 3.05) is 0 Å². The van der Waals surface area contributed by atoms with Gasteiger partial charge in [-0.05, 0) is 50.5 Å². The lowest BCUT2D eigenvalue weighted by Gasteiger charge is -2.56. The molecule has 0 aliphatic heterocycles. The van der Waals surface area contributed by atoms with Crippen molar-refractivity contribution in [3.63, 3.8) is 0 Å². The average molecular weight is 248 g/mol. The Bertz CT molecular complexity index is 458. The number of rotatable bonds is 4. The van der Waals surface area contributed by atoms with E-state index in [0.29, 0.717) is 11.5 Å². The lowest BCUT2D eigenvalue weighted by molar-refractivity contribution is -0.136. The maximum absolute atomic E-state index is 11.9. The summed E-state index contributed by atoms with van der Waals surface area (Å²) in [4.78, 5) is 22.6. The van der Waals surface area contributed by atoms with Gasteiger partial charge in [0.25, 0.3) is 0 Å². The molecule has 2 bridgehead atoms. The third-order valence-electron chi connectivity index (χ3n) is 4.80. The molecule has 1 N–H and O–H groups in total. The largest absolute Gasteiger partial charge is 0.478 e. The molecule has 0 aromatic rings. The van der Waals surface area contributed by atoms with Crippen LogP contribution >= 0.6 is 0 Å². The fraction of sp³-hybridized carbons (Fsp3) is 0.600. The van der Waals surface area contributed by atoms with Gasteiger partial charge in [0.15, 0.2) is 5.78 Å². The first-order chi connectivity index (χ1) is 8.36. The number of carbonyl (C=O) groups is 2. The summed E-state index contributed by atoms with van der Waals surface area (Å²) in [6, 6.07) is 0. The van der Waals surface area contributed by atoms with E-state index in [1.807, 2.05) is 6.92 Å². The molecule has 3 atom stereocenters. The minimum atomic E-state index is -0.860. The Kier molecular flexibility index (Phi) is 3.18. The molecule has 1 fully saturated rings. The van der Waals surface area contributed by atoms with Crippen LogP contribution in [0.25, 0.3) is 0 Å². The predicted octanol–water partition coefficient (Wildman–Crippen LogP) is 2.97. The molecule has 3 nitrogen and oxygen atoms in total. The average Bonchev–Trinajstić information content (AvgIpc) is 2.26. The molecule has 0 amide bonds. The number of carboxylic acid groups (broad SMARTS) is 1. The van der Waals surface area contributed by atoms with E-state index in [-0.39, 0.29) is 17.1 Å². The van der Waals surface area contributed by atoms with Gasteiger partial charge >= 0.3 is 5.97 Å². The molecular formula is C15H20O3. The van der Waals surface area contributed by atoms with Crippen LogP contribution in [0.5, 0.6) is 0 Å². The lowest BCUT2D eigenvalue weighted by Crippen LogP contribution is -2.53. The number of fused-ring (bicyclic) bond motifs is 1. The highest BCUT2D eigenvalue weighted by Crippen LogP contribution is 2.60. The van der Waals surface area contributed by atoms with Crippen LogP contribution in [0.1, 0.15) is 40.0 Å². The molecule has 3 aliphatic carbocycles. The normalized spacial score (nSPS) is 34.9. The Labute approximate surface area is 108 Å². The van der Waals surface area contributed by atoms with Gasteiger partial charge in [0.2, 0.25) is 0 Å². The second-order valence-corrected chi connectivity index (χ2v) is 5.87. The maximum Gasteiger partial charge on any atom is 0.330 e. The van der Waals surface area contributed by atoms with Crippen LogP contribution in [0.3, 0.4) is 0 Å². The molecule has 18 heavy (non-hydrogen) atoms. The number of carboxylic acids is 1. The molecule has 0 aromatic carbocycles. The van der Waals surface area contributed by atoms with E-state index in [0.717, 1.165) is 19.3 Å². The Morgan fingerprint density at radius 2 is 2.22 bits per heavy atom. The fourth-order valence-electron chi connectivity index (χ4n) is 3.46. The zero-order valence-electron chi connectivity index (χ0n) is 11.2. The van der Waals surface area contributed by atoms with Gasteiger partial charge in [-0.3, -0.25) is 4.79 Å². The molecule has 0 heterocycles. The van der Waals surface area contributed by atoms with Gasteiger partial charge in [-0.1, -0.05) is 18.6 Å². The van der Waals surface area contributed by atoms with Crippen molar-refractivity contribution in [2.45, 2.75) is 40.0 Å². The zero-order valence-corrected chi connectivity index (χ0v) is 11.2. The number of hydrogen-bond acceptors (Lipinski definition) is 2. The first-order valence-corrected chi connectivity index (χ1v) is 6.48. The van der Waals surface area contributed by atoms with Crippen molar-refractivity contribution < 1.29 is 14.7 Å². The Balaban J connectivity index is 2.03. The van der Waals surface area contributed by atoms with Crippen LogP contribution in [0.2, 0.25) is 0 Å². The number of carbonyl (C=O) groups excluding carboxylic acids is 1. The van der Waals surface area contributed by atoms with Crippen LogP contribution in [-0.2, 0) is 9.59 Å². The van der Waals surface area contributed by atoms with Crippen molar-refractivity contribution >= 4 is 11.8 Å². The molecule has 0 aromatic heterocycles. The van der Waals surface area contributed by atoms with E-state index >= 15 is 0 Å². The van der Waals surface area contributed by atoms with E-state index in [1.54, 1.807) is 19.1 Å². The topological polar surface area (TPSA) is 54.4 Å². The molecule has 3 aliphatic rings. The van der Waals surface area contributed by atoms with Gasteiger partial charge < -0.3 is 5.11 Å². The summed E-state index contributed by atoms with van der Waals surface area (Å²) in [5, 5.41) is 8.80. The number of hydrogen-bond donors (Lipinski definition) is 1. The minimum Gasteiger partial charge on any atom is -0.478 e. The SMILES string of the molecule is CC(=CCCC1(C)C2CC1C(C)=CC2=O)C(=O)O. The lowest BCUT2D eigenvalue weighted by atomic mass is 9.46. The molecular weight excluding hydrogens is 228 g/mol. The Morgan fingerprint density at radius 3 is 2.72 bits per heavy atom. The summed E-state index contributed by atoms with van der Waals surface area (Å²) in [7, 11) is 0. The Morgan fingerprint density at radius 1 is 1.56 bits per heavy atom. The summed E-state index contributed by atoms with van der Waals surface area (Å²) in [5.74, 6) is 0.0704. The minimum absolute atomic E-state index is 0.0468.